The molecule has 1 saturated carbocycles. The van der Waals surface area contributed by atoms with E-state index in [2.05, 4.69) is 5.32 Å². The van der Waals surface area contributed by atoms with Crippen molar-refractivity contribution in [3.8, 4) is 0 Å². The number of fused-ring (bicyclic) bond motifs is 1. The predicted octanol–water partition coefficient (Wildman–Crippen LogP) is 2.98. The van der Waals surface area contributed by atoms with E-state index in [0.29, 0.717) is 18.8 Å². The van der Waals surface area contributed by atoms with E-state index in [-0.39, 0.29) is 36.0 Å². The van der Waals surface area contributed by atoms with E-state index in [1.54, 1.807) is 4.90 Å². The molecule has 5 rings (SSSR count). The third-order valence-electron chi connectivity index (χ3n) is 6.00. The molecule has 2 aromatic rings. The van der Waals surface area contributed by atoms with Crippen LogP contribution in [0.2, 0.25) is 0 Å². The fourth-order valence-corrected chi connectivity index (χ4v) is 4.22. The number of benzene rings is 2. The first-order valence-corrected chi connectivity index (χ1v) is 10.2. The van der Waals surface area contributed by atoms with Crippen LogP contribution < -0.4 is 15.1 Å². The number of amides is 3. The van der Waals surface area contributed by atoms with Crippen LogP contribution in [0.15, 0.2) is 48.5 Å². The number of carbonyl (C=O) groups excluding carboxylic acids is 3. The van der Waals surface area contributed by atoms with Crippen molar-refractivity contribution < 1.29 is 14.4 Å². The van der Waals surface area contributed by atoms with Crippen LogP contribution in [0.1, 0.15) is 24.8 Å². The summed E-state index contributed by atoms with van der Waals surface area (Å²) in [5.41, 5.74) is 3.55. The van der Waals surface area contributed by atoms with E-state index >= 15 is 0 Å². The molecule has 2 aliphatic heterocycles. The van der Waals surface area contributed by atoms with Gasteiger partial charge in [0.15, 0.2) is 0 Å². The van der Waals surface area contributed by atoms with Crippen LogP contribution in [-0.4, -0.2) is 30.8 Å². The number of para-hydroxylation sites is 1. The molecule has 0 bridgehead atoms. The first-order chi connectivity index (χ1) is 14.1. The number of hydrogen-bond donors (Lipinski definition) is 1. The number of nitrogens with zero attached hydrogens (tertiary/aromatic N) is 2. The van der Waals surface area contributed by atoms with Gasteiger partial charge in [0.05, 0.1) is 5.92 Å². The SMILES string of the molecule is O=C(Nc1ccc2c(c1)N(C(=O)C1CC1)CC2)C1CC(=O)N(c2ccccc2)C1. The molecule has 2 aromatic carbocycles. The first kappa shape index (κ1) is 17.9. The Kier molecular flexibility index (Phi) is 4.34. The van der Waals surface area contributed by atoms with Crippen LogP contribution in [-0.2, 0) is 20.8 Å². The van der Waals surface area contributed by atoms with E-state index in [9.17, 15) is 14.4 Å². The van der Waals surface area contributed by atoms with Crippen LogP contribution >= 0.6 is 0 Å². The van der Waals surface area contributed by atoms with Gasteiger partial charge < -0.3 is 15.1 Å². The molecule has 1 unspecified atom stereocenters. The highest BCUT2D eigenvalue weighted by Crippen LogP contribution is 2.37. The second kappa shape index (κ2) is 7.03. The van der Waals surface area contributed by atoms with Gasteiger partial charge in [-0.2, -0.15) is 0 Å². The summed E-state index contributed by atoms with van der Waals surface area (Å²) in [5.74, 6) is -0.207. The Labute approximate surface area is 169 Å². The summed E-state index contributed by atoms with van der Waals surface area (Å²) in [5, 5.41) is 2.95. The van der Waals surface area contributed by atoms with Crippen molar-refractivity contribution in [1.29, 1.82) is 0 Å². The van der Waals surface area contributed by atoms with Gasteiger partial charge in [-0.25, -0.2) is 0 Å². The van der Waals surface area contributed by atoms with Gasteiger partial charge in [-0.1, -0.05) is 24.3 Å². The molecule has 0 spiro atoms. The summed E-state index contributed by atoms with van der Waals surface area (Å²) in [6.45, 7) is 1.09. The summed E-state index contributed by atoms with van der Waals surface area (Å²) in [4.78, 5) is 41.2. The smallest absolute Gasteiger partial charge is 0.230 e. The maximum Gasteiger partial charge on any atom is 0.230 e. The number of rotatable bonds is 4. The predicted molar refractivity (Wildman–Crippen MR) is 111 cm³/mol. The molecule has 1 saturated heterocycles. The summed E-state index contributed by atoms with van der Waals surface area (Å²) in [7, 11) is 0. The Bertz CT molecular complexity index is 984. The van der Waals surface area contributed by atoms with Gasteiger partial charge in [-0.05, 0) is 49.1 Å². The van der Waals surface area contributed by atoms with Gasteiger partial charge in [0.25, 0.3) is 0 Å². The largest absolute Gasteiger partial charge is 0.326 e. The molecule has 6 heteroatoms. The summed E-state index contributed by atoms with van der Waals surface area (Å²) in [6.07, 6.45) is 3.02. The fraction of sp³-hybridized carbons (Fsp3) is 0.348. The Hall–Kier alpha value is -3.15. The van der Waals surface area contributed by atoms with E-state index in [4.69, 9.17) is 0 Å². The van der Waals surface area contributed by atoms with Gasteiger partial charge in [0, 0.05) is 42.5 Å². The highest BCUT2D eigenvalue weighted by Gasteiger charge is 2.37. The van der Waals surface area contributed by atoms with Crippen molar-refractivity contribution in [3.05, 3.63) is 54.1 Å². The Morgan fingerprint density at radius 1 is 1.00 bits per heavy atom. The molecule has 2 fully saturated rings. The van der Waals surface area contributed by atoms with Crippen LogP contribution in [0.4, 0.5) is 17.1 Å². The molecule has 0 aromatic heterocycles. The van der Waals surface area contributed by atoms with Gasteiger partial charge in [0.1, 0.15) is 0 Å². The topological polar surface area (TPSA) is 69.7 Å². The summed E-state index contributed by atoms with van der Waals surface area (Å²) < 4.78 is 0. The van der Waals surface area contributed by atoms with Crippen molar-refractivity contribution in [3.63, 3.8) is 0 Å². The molecule has 148 valence electrons. The van der Waals surface area contributed by atoms with Crippen molar-refractivity contribution in [2.45, 2.75) is 25.7 Å². The third-order valence-corrected chi connectivity index (χ3v) is 6.00. The molecule has 1 atom stereocenters. The lowest BCUT2D eigenvalue weighted by Gasteiger charge is -2.19. The second-order valence-electron chi connectivity index (χ2n) is 8.09. The van der Waals surface area contributed by atoms with Crippen LogP contribution in [0, 0.1) is 11.8 Å². The average molecular weight is 389 g/mol. The summed E-state index contributed by atoms with van der Waals surface area (Å²) in [6, 6.07) is 15.2. The number of nitrogens with one attached hydrogen (secondary N) is 1. The van der Waals surface area contributed by atoms with Gasteiger partial charge in [-0.15, -0.1) is 0 Å². The van der Waals surface area contributed by atoms with E-state index < -0.39 is 0 Å². The minimum Gasteiger partial charge on any atom is -0.326 e. The molecule has 1 N–H and O–H groups in total. The van der Waals surface area contributed by atoms with Crippen molar-refractivity contribution in [2.24, 2.45) is 11.8 Å². The van der Waals surface area contributed by atoms with Crippen LogP contribution in [0.5, 0.6) is 0 Å². The summed E-state index contributed by atoms with van der Waals surface area (Å²) >= 11 is 0. The van der Waals surface area contributed by atoms with E-state index in [0.717, 1.165) is 36.2 Å². The minimum absolute atomic E-state index is 0.0356. The molecular weight excluding hydrogens is 366 g/mol. The number of hydrogen-bond acceptors (Lipinski definition) is 3. The average Bonchev–Trinajstić information content (AvgIpc) is 3.39. The lowest BCUT2D eigenvalue weighted by Crippen LogP contribution is -2.30. The monoisotopic (exact) mass is 389 g/mol. The van der Waals surface area contributed by atoms with E-state index in [1.807, 2.05) is 53.4 Å². The normalized spacial score (nSPS) is 20.7. The number of anilines is 3. The van der Waals surface area contributed by atoms with Gasteiger partial charge >= 0.3 is 0 Å². The molecule has 3 amide bonds. The minimum atomic E-state index is -0.389. The maximum absolute atomic E-state index is 12.8. The molecule has 0 radical (unpaired) electrons. The van der Waals surface area contributed by atoms with Crippen LogP contribution in [0.25, 0.3) is 0 Å². The molecule has 2 heterocycles. The molecule has 29 heavy (non-hydrogen) atoms. The molecule has 6 nitrogen and oxygen atoms in total. The highest BCUT2D eigenvalue weighted by atomic mass is 16.2. The zero-order valence-electron chi connectivity index (χ0n) is 16.1. The Morgan fingerprint density at radius 3 is 2.55 bits per heavy atom. The van der Waals surface area contributed by atoms with Crippen molar-refractivity contribution in [2.75, 3.05) is 28.2 Å². The van der Waals surface area contributed by atoms with Crippen molar-refractivity contribution in [1.82, 2.24) is 0 Å². The zero-order chi connectivity index (χ0) is 20.0. The van der Waals surface area contributed by atoms with E-state index in [1.165, 1.54) is 0 Å². The van der Waals surface area contributed by atoms with Crippen LogP contribution in [0.3, 0.4) is 0 Å². The Morgan fingerprint density at radius 2 is 1.79 bits per heavy atom. The number of carbonyl (C=O) groups is 3. The van der Waals surface area contributed by atoms with Gasteiger partial charge in [-0.3, -0.25) is 14.4 Å². The maximum atomic E-state index is 12.8. The first-order valence-electron chi connectivity index (χ1n) is 10.2. The molecule has 1 aliphatic carbocycles. The van der Waals surface area contributed by atoms with Crippen molar-refractivity contribution >= 4 is 34.8 Å². The standard InChI is InChI=1S/C23H23N3O3/c27-21-12-17(14-26(21)19-4-2-1-3-5-19)22(28)24-18-9-8-15-10-11-25(20(15)13-18)23(29)16-6-7-16/h1-5,8-9,13,16-17H,6-7,10-12,14H2,(H,24,28). The second-order valence-corrected chi connectivity index (χ2v) is 8.09. The Balaban J connectivity index is 1.29. The third kappa shape index (κ3) is 3.39. The molecule has 3 aliphatic rings. The lowest BCUT2D eigenvalue weighted by atomic mass is 10.1. The molecular formula is C23H23N3O3. The fourth-order valence-electron chi connectivity index (χ4n) is 4.22. The van der Waals surface area contributed by atoms with Gasteiger partial charge in [0.2, 0.25) is 17.7 Å². The lowest BCUT2D eigenvalue weighted by molar-refractivity contribution is -0.122. The quantitative estimate of drug-likeness (QED) is 0.874. The highest BCUT2D eigenvalue weighted by molar-refractivity contribution is 6.04. The zero-order valence-corrected chi connectivity index (χ0v) is 16.1.